The van der Waals surface area contributed by atoms with Crippen LogP contribution in [0.1, 0.15) is 23.2 Å². The molecule has 1 amide bonds. The van der Waals surface area contributed by atoms with Crippen molar-refractivity contribution in [3.8, 4) is 0 Å². The Morgan fingerprint density at radius 3 is 2.64 bits per heavy atom. The van der Waals surface area contributed by atoms with Crippen molar-refractivity contribution in [2.45, 2.75) is 25.3 Å². The first-order valence-electron chi connectivity index (χ1n) is 7.21. The smallest absolute Gasteiger partial charge is 0.221 e. The number of nitrogens with zero attached hydrogens (tertiary/aromatic N) is 1. The molecule has 2 rings (SSSR count). The van der Waals surface area contributed by atoms with E-state index in [-0.39, 0.29) is 12.5 Å². The van der Waals surface area contributed by atoms with Gasteiger partial charge in [-0.25, -0.2) is 0 Å². The predicted molar refractivity (Wildman–Crippen MR) is 89.2 cm³/mol. The van der Waals surface area contributed by atoms with Gasteiger partial charge in [0.25, 0.3) is 0 Å². The minimum atomic E-state index is -0.00796. The molecule has 4 nitrogen and oxygen atoms in total. The first kappa shape index (κ1) is 16.5. The average Bonchev–Trinajstić information content (AvgIpc) is 2.58. The number of aromatic nitrogens is 1. The molecular formula is C17H20N2O2S. The van der Waals surface area contributed by atoms with Crippen molar-refractivity contribution in [2.24, 2.45) is 0 Å². The number of benzene rings is 1. The van der Waals surface area contributed by atoms with Crippen molar-refractivity contribution in [1.82, 2.24) is 10.3 Å². The van der Waals surface area contributed by atoms with E-state index in [1.807, 2.05) is 42.5 Å². The Bertz CT molecular complexity index is 590. The van der Waals surface area contributed by atoms with Gasteiger partial charge in [-0.1, -0.05) is 30.3 Å². The number of hydrogen-bond acceptors (Lipinski definition) is 4. The minimum Gasteiger partial charge on any atom is -0.392 e. The maximum atomic E-state index is 11.8. The fourth-order valence-corrected chi connectivity index (χ4v) is 2.85. The van der Waals surface area contributed by atoms with E-state index in [2.05, 4.69) is 10.3 Å². The van der Waals surface area contributed by atoms with E-state index in [1.54, 1.807) is 18.0 Å². The fourth-order valence-electron chi connectivity index (χ4n) is 1.99. The van der Waals surface area contributed by atoms with E-state index >= 15 is 0 Å². The number of aliphatic hydroxyl groups excluding tert-OH is 1. The van der Waals surface area contributed by atoms with Crippen LogP contribution in [0.3, 0.4) is 0 Å². The Hall–Kier alpha value is -1.85. The summed E-state index contributed by atoms with van der Waals surface area (Å²) in [6.07, 6.45) is 2.26. The molecule has 0 radical (unpaired) electrons. The lowest BCUT2D eigenvalue weighted by atomic mass is 10.1. The molecule has 2 N–H and O–H groups in total. The number of amides is 1. The number of thioether (sulfide) groups is 1. The Labute approximate surface area is 135 Å². The molecule has 1 aromatic carbocycles. The van der Waals surface area contributed by atoms with Crippen LogP contribution in [-0.4, -0.2) is 21.8 Å². The zero-order valence-corrected chi connectivity index (χ0v) is 13.2. The van der Waals surface area contributed by atoms with Crippen molar-refractivity contribution >= 4 is 17.7 Å². The lowest BCUT2D eigenvalue weighted by molar-refractivity contribution is -0.120. The summed E-state index contributed by atoms with van der Waals surface area (Å²) in [6, 6.07) is 13.4. The fraction of sp³-hybridized carbons (Fsp3) is 0.294. The number of aliphatic hydroxyl groups is 1. The molecule has 0 unspecified atom stereocenters. The topological polar surface area (TPSA) is 62.2 Å². The number of carbonyl (C=O) groups is 1. The highest BCUT2D eigenvalue weighted by molar-refractivity contribution is 7.98. The Kier molecular flexibility index (Phi) is 6.93. The number of nitrogens with one attached hydrogen (secondary N) is 1. The minimum absolute atomic E-state index is 0.00796. The number of carbonyl (C=O) groups excluding carboxylic acids is 1. The molecule has 0 bridgehead atoms. The Morgan fingerprint density at radius 2 is 1.91 bits per heavy atom. The standard InChI is InChI=1S/C17H20N2O2S/c20-12-15-6-2-1-5-14(15)11-19-17(21)8-10-22-13-16-7-3-4-9-18-16/h1-7,9,20H,8,10-13H2,(H,19,21). The number of pyridine rings is 1. The molecule has 116 valence electrons. The molecule has 0 aliphatic carbocycles. The highest BCUT2D eigenvalue weighted by Crippen LogP contribution is 2.11. The third kappa shape index (κ3) is 5.50. The van der Waals surface area contributed by atoms with Gasteiger partial charge in [0, 0.05) is 30.7 Å². The summed E-state index contributed by atoms with van der Waals surface area (Å²) in [5.74, 6) is 1.62. The van der Waals surface area contributed by atoms with Gasteiger partial charge in [-0.05, 0) is 23.3 Å². The molecule has 0 fully saturated rings. The van der Waals surface area contributed by atoms with Crippen molar-refractivity contribution in [3.05, 3.63) is 65.5 Å². The SMILES string of the molecule is O=C(CCSCc1ccccn1)NCc1ccccc1CO. The van der Waals surface area contributed by atoms with E-state index in [9.17, 15) is 9.90 Å². The summed E-state index contributed by atoms with van der Waals surface area (Å²) in [5, 5.41) is 12.1. The average molecular weight is 316 g/mol. The molecule has 22 heavy (non-hydrogen) atoms. The second kappa shape index (κ2) is 9.23. The van der Waals surface area contributed by atoms with E-state index in [4.69, 9.17) is 0 Å². The van der Waals surface area contributed by atoms with Crippen molar-refractivity contribution in [2.75, 3.05) is 5.75 Å². The van der Waals surface area contributed by atoms with Crippen molar-refractivity contribution in [1.29, 1.82) is 0 Å². The first-order chi connectivity index (χ1) is 10.8. The van der Waals surface area contributed by atoms with Crippen LogP contribution >= 0.6 is 11.8 Å². The van der Waals surface area contributed by atoms with Crippen LogP contribution in [0.4, 0.5) is 0 Å². The zero-order chi connectivity index (χ0) is 15.6. The first-order valence-corrected chi connectivity index (χ1v) is 8.37. The Morgan fingerprint density at radius 1 is 1.14 bits per heavy atom. The van der Waals surface area contributed by atoms with Gasteiger partial charge < -0.3 is 10.4 Å². The van der Waals surface area contributed by atoms with Gasteiger partial charge in [0.15, 0.2) is 0 Å². The zero-order valence-electron chi connectivity index (χ0n) is 12.4. The monoisotopic (exact) mass is 316 g/mol. The molecule has 1 heterocycles. The van der Waals surface area contributed by atoms with Crippen LogP contribution in [0.5, 0.6) is 0 Å². The molecule has 2 aromatic rings. The van der Waals surface area contributed by atoms with Gasteiger partial charge in [0.2, 0.25) is 5.91 Å². The third-order valence-electron chi connectivity index (χ3n) is 3.21. The van der Waals surface area contributed by atoms with E-state index in [0.717, 1.165) is 28.3 Å². The molecule has 0 aliphatic rings. The summed E-state index contributed by atoms with van der Waals surface area (Å²) in [7, 11) is 0. The number of rotatable bonds is 8. The van der Waals surface area contributed by atoms with Gasteiger partial charge in [0.1, 0.15) is 0 Å². The largest absolute Gasteiger partial charge is 0.392 e. The van der Waals surface area contributed by atoms with Crippen LogP contribution in [0.15, 0.2) is 48.7 Å². The highest BCUT2D eigenvalue weighted by Gasteiger charge is 2.04. The van der Waals surface area contributed by atoms with Gasteiger partial charge in [-0.15, -0.1) is 0 Å². The van der Waals surface area contributed by atoms with E-state index in [1.165, 1.54) is 0 Å². The third-order valence-corrected chi connectivity index (χ3v) is 4.21. The molecule has 0 spiro atoms. The van der Waals surface area contributed by atoms with Crippen LogP contribution in [0, 0.1) is 0 Å². The molecule has 0 aliphatic heterocycles. The van der Waals surface area contributed by atoms with Crippen LogP contribution < -0.4 is 5.32 Å². The summed E-state index contributed by atoms with van der Waals surface area (Å²) >= 11 is 1.70. The summed E-state index contributed by atoms with van der Waals surface area (Å²) < 4.78 is 0. The van der Waals surface area contributed by atoms with Gasteiger partial charge >= 0.3 is 0 Å². The second-order valence-corrected chi connectivity index (χ2v) is 5.93. The summed E-state index contributed by atoms with van der Waals surface area (Å²) in [6.45, 7) is 0.451. The predicted octanol–water partition coefficient (Wildman–Crippen LogP) is 2.51. The van der Waals surface area contributed by atoms with Crippen LogP contribution in [0.25, 0.3) is 0 Å². The molecule has 1 aromatic heterocycles. The van der Waals surface area contributed by atoms with Gasteiger partial charge in [0.05, 0.1) is 12.3 Å². The van der Waals surface area contributed by atoms with E-state index in [0.29, 0.717) is 13.0 Å². The molecule has 0 saturated heterocycles. The van der Waals surface area contributed by atoms with Gasteiger partial charge in [-0.3, -0.25) is 9.78 Å². The number of hydrogen-bond donors (Lipinski definition) is 2. The molecule has 0 atom stereocenters. The van der Waals surface area contributed by atoms with Crippen molar-refractivity contribution < 1.29 is 9.90 Å². The maximum absolute atomic E-state index is 11.8. The van der Waals surface area contributed by atoms with Crippen LogP contribution in [0.2, 0.25) is 0 Å². The highest BCUT2D eigenvalue weighted by atomic mass is 32.2. The second-order valence-electron chi connectivity index (χ2n) is 4.83. The molecule has 5 heteroatoms. The quantitative estimate of drug-likeness (QED) is 0.735. The molecule has 0 saturated carbocycles. The maximum Gasteiger partial charge on any atom is 0.221 e. The normalized spacial score (nSPS) is 10.4. The lowest BCUT2D eigenvalue weighted by Gasteiger charge is -2.09. The van der Waals surface area contributed by atoms with E-state index < -0.39 is 0 Å². The summed E-state index contributed by atoms with van der Waals surface area (Å²) in [5.41, 5.74) is 2.84. The van der Waals surface area contributed by atoms with Crippen molar-refractivity contribution in [3.63, 3.8) is 0 Å². The van der Waals surface area contributed by atoms with Gasteiger partial charge in [-0.2, -0.15) is 11.8 Å². The van der Waals surface area contributed by atoms with Crippen LogP contribution in [-0.2, 0) is 23.7 Å². The summed E-state index contributed by atoms with van der Waals surface area (Å²) in [4.78, 5) is 16.1. The Balaban J connectivity index is 1.66. The lowest BCUT2D eigenvalue weighted by Crippen LogP contribution is -2.23. The molecular weight excluding hydrogens is 296 g/mol.